The molecule has 0 spiro atoms. The molecule has 1 aliphatic rings. The summed E-state index contributed by atoms with van der Waals surface area (Å²) in [7, 11) is 0. The summed E-state index contributed by atoms with van der Waals surface area (Å²) in [4.78, 5) is 17.1. The normalized spacial score (nSPS) is 15.1. The van der Waals surface area contributed by atoms with Crippen molar-refractivity contribution in [2.75, 3.05) is 0 Å². The quantitative estimate of drug-likeness (QED) is 0.290. The number of fused-ring (bicyclic) bond motifs is 3. The molecule has 1 unspecified atom stereocenters. The molecular formula is C29H30N4O4. The van der Waals surface area contributed by atoms with E-state index in [1.165, 1.54) is 5.69 Å². The fourth-order valence-corrected chi connectivity index (χ4v) is 4.82. The van der Waals surface area contributed by atoms with E-state index in [1.807, 2.05) is 52.8 Å². The molecule has 5 rings (SSSR count). The van der Waals surface area contributed by atoms with Crippen molar-refractivity contribution in [2.45, 2.75) is 71.6 Å². The summed E-state index contributed by atoms with van der Waals surface area (Å²) in [5.74, 6) is 1.11. The minimum Gasteiger partial charge on any atom is -0.490 e. The summed E-state index contributed by atoms with van der Waals surface area (Å²) >= 11 is 0. The maximum absolute atomic E-state index is 12.5. The van der Waals surface area contributed by atoms with Crippen molar-refractivity contribution in [2.24, 2.45) is 0 Å². The number of hydrogen-bond donors (Lipinski definition) is 0. The summed E-state index contributed by atoms with van der Waals surface area (Å²) in [6.45, 7) is 9.48. The standard InChI is InChI=1S/C29H30N4O4/c1-17(2)35-25-11-8-20(12-21(25)16-30)28-31-27(32-37-28)19-7-6-18-13-22-9-10-23(33(22)24(18)14-19)15-26(34)36-29(3,4)5/h6-8,11-14,17,23H,9-10,15H2,1-5H3. The highest BCUT2D eigenvalue weighted by Gasteiger charge is 2.29. The molecular weight excluding hydrogens is 468 g/mol. The van der Waals surface area contributed by atoms with E-state index in [-0.39, 0.29) is 18.1 Å². The second-order valence-corrected chi connectivity index (χ2v) is 10.7. The molecule has 8 nitrogen and oxygen atoms in total. The number of nitriles is 1. The lowest BCUT2D eigenvalue weighted by Crippen LogP contribution is -2.25. The second kappa shape index (κ2) is 9.40. The van der Waals surface area contributed by atoms with Crippen LogP contribution in [-0.4, -0.2) is 32.4 Å². The Hall–Kier alpha value is -4.12. The third-order valence-corrected chi connectivity index (χ3v) is 6.24. The zero-order chi connectivity index (χ0) is 26.3. The highest BCUT2D eigenvalue weighted by molar-refractivity contribution is 5.86. The minimum atomic E-state index is -0.503. The Kier molecular flexibility index (Phi) is 6.24. The Morgan fingerprint density at radius 3 is 2.70 bits per heavy atom. The van der Waals surface area contributed by atoms with Crippen molar-refractivity contribution < 1.29 is 18.8 Å². The highest BCUT2D eigenvalue weighted by Crippen LogP contribution is 2.37. The largest absolute Gasteiger partial charge is 0.490 e. The molecule has 0 saturated heterocycles. The van der Waals surface area contributed by atoms with Gasteiger partial charge in [0.15, 0.2) is 0 Å². The molecule has 190 valence electrons. The van der Waals surface area contributed by atoms with Gasteiger partial charge in [0, 0.05) is 28.4 Å². The van der Waals surface area contributed by atoms with Gasteiger partial charge in [-0.2, -0.15) is 10.2 Å². The Morgan fingerprint density at radius 2 is 1.97 bits per heavy atom. The number of carbonyl (C=O) groups excluding carboxylic acids is 1. The Morgan fingerprint density at radius 1 is 1.19 bits per heavy atom. The van der Waals surface area contributed by atoms with E-state index in [0.29, 0.717) is 35.0 Å². The van der Waals surface area contributed by atoms with Crippen LogP contribution < -0.4 is 4.74 Å². The Balaban J connectivity index is 1.43. The maximum Gasteiger partial charge on any atom is 0.308 e. The average molecular weight is 499 g/mol. The molecule has 0 saturated carbocycles. The molecule has 8 heteroatoms. The van der Waals surface area contributed by atoms with Crippen molar-refractivity contribution in [3.63, 3.8) is 0 Å². The summed E-state index contributed by atoms with van der Waals surface area (Å²) in [6, 6.07) is 15.7. The molecule has 0 N–H and O–H groups in total. The molecule has 0 radical (unpaired) electrons. The number of hydrogen-bond acceptors (Lipinski definition) is 7. The number of benzene rings is 2. The molecule has 0 fully saturated rings. The molecule has 3 heterocycles. The second-order valence-electron chi connectivity index (χ2n) is 10.7. The number of aryl methyl sites for hydroxylation is 1. The van der Waals surface area contributed by atoms with Crippen LogP contribution in [0.4, 0.5) is 0 Å². The SMILES string of the molecule is CC(C)Oc1ccc(-c2nc(-c3ccc4cc5n(c4c3)C(CC(=O)OC(C)(C)C)CC5)no2)cc1C#N. The Labute approximate surface area is 215 Å². The predicted octanol–water partition coefficient (Wildman–Crippen LogP) is 6.24. The van der Waals surface area contributed by atoms with Gasteiger partial charge in [0.25, 0.3) is 5.89 Å². The first-order valence-electron chi connectivity index (χ1n) is 12.5. The lowest BCUT2D eigenvalue weighted by molar-refractivity contribution is -0.155. The van der Waals surface area contributed by atoms with Gasteiger partial charge in [0.2, 0.25) is 5.82 Å². The predicted molar refractivity (Wildman–Crippen MR) is 139 cm³/mol. The van der Waals surface area contributed by atoms with E-state index >= 15 is 0 Å². The van der Waals surface area contributed by atoms with Crippen molar-refractivity contribution in [1.29, 1.82) is 5.26 Å². The van der Waals surface area contributed by atoms with Gasteiger partial charge in [-0.3, -0.25) is 4.79 Å². The van der Waals surface area contributed by atoms with E-state index in [2.05, 4.69) is 26.8 Å². The van der Waals surface area contributed by atoms with Crippen molar-refractivity contribution in [3.8, 4) is 34.7 Å². The van der Waals surface area contributed by atoms with Gasteiger partial charge in [-0.25, -0.2) is 0 Å². The topological polar surface area (TPSA) is 103 Å². The molecule has 0 amide bonds. The van der Waals surface area contributed by atoms with Gasteiger partial charge in [-0.1, -0.05) is 17.3 Å². The van der Waals surface area contributed by atoms with E-state index in [1.54, 1.807) is 18.2 Å². The molecule has 0 aliphatic carbocycles. The molecule has 1 atom stereocenters. The van der Waals surface area contributed by atoms with Crippen LogP contribution in [0.5, 0.6) is 5.75 Å². The number of nitrogens with zero attached hydrogens (tertiary/aromatic N) is 4. The number of carbonyl (C=O) groups is 1. The first kappa shape index (κ1) is 24.6. The van der Waals surface area contributed by atoms with Gasteiger partial charge in [0.1, 0.15) is 17.4 Å². The third kappa shape index (κ3) is 5.08. The maximum atomic E-state index is 12.5. The number of ether oxygens (including phenoxy) is 2. The molecule has 0 bridgehead atoms. The van der Waals surface area contributed by atoms with Crippen molar-refractivity contribution >= 4 is 16.9 Å². The van der Waals surface area contributed by atoms with Crippen LogP contribution in [0.3, 0.4) is 0 Å². The van der Waals surface area contributed by atoms with Gasteiger partial charge in [-0.05, 0) is 83.2 Å². The van der Waals surface area contributed by atoms with Crippen LogP contribution in [0.1, 0.15) is 64.8 Å². The summed E-state index contributed by atoms with van der Waals surface area (Å²) < 4.78 is 19.1. The smallest absolute Gasteiger partial charge is 0.308 e. The number of esters is 1. The van der Waals surface area contributed by atoms with Crippen LogP contribution in [0.2, 0.25) is 0 Å². The monoisotopic (exact) mass is 498 g/mol. The minimum absolute atomic E-state index is 0.0397. The van der Waals surface area contributed by atoms with Crippen LogP contribution >= 0.6 is 0 Å². The van der Waals surface area contributed by atoms with E-state index in [4.69, 9.17) is 14.0 Å². The summed E-state index contributed by atoms with van der Waals surface area (Å²) in [5, 5.41) is 14.9. The molecule has 4 aromatic rings. The zero-order valence-corrected chi connectivity index (χ0v) is 21.7. The molecule has 1 aliphatic heterocycles. The van der Waals surface area contributed by atoms with Gasteiger partial charge >= 0.3 is 5.97 Å². The van der Waals surface area contributed by atoms with E-state index in [9.17, 15) is 10.1 Å². The third-order valence-electron chi connectivity index (χ3n) is 6.24. The van der Waals surface area contributed by atoms with Crippen molar-refractivity contribution in [1.82, 2.24) is 14.7 Å². The van der Waals surface area contributed by atoms with Crippen LogP contribution in [0.15, 0.2) is 47.0 Å². The summed E-state index contributed by atoms with van der Waals surface area (Å²) in [5.41, 5.74) is 3.61. The van der Waals surface area contributed by atoms with E-state index in [0.717, 1.165) is 29.3 Å². The van der Waals surface area contributed by atoms with Crippen LogP contribution in [-0.2, 0) is 16.0 Å². The lowest BCUT2D eigenvalue weighted by atomic mass is 10.1. The van der Waals surface area contributed by atoms with Crippen molar-refractivity contribution in [3.05, 3.63) is 53.7 Å². The van der Waals surface area contributed by atoms with Crippen LogP contribution in [0, 0.1) is 11.3 Å². The molecule has 2 aromatic carbocycles. The molecule has 2 aromatic heterocycles. The first-order chi connectivity index (χ1) is 17.6. The average Bonchev–Trinajstić information content (AvgIpc) is 3.54. The van der Waals surface area contributed by atoms with E-state index < -0.39 is 5.60 Å². The van der Waals surface area contributed by atoms with Gasteiger partial charge in [0.05, 0.1) is 18.1 Å². The zero-order valence-electron chi connectivity index (χ0n) is 21.7. The van der Waals surface area contributed by atoms with Gasteiger partial charge < -0.3 is 18.6 Å². The lowest BCUT2D eigenvalue weighted by Gasteiger charge is -2.22. The van der Waals surface area contributed by atoms with Crippen LogP contribution in [0.25, 0.3) is 33.7 Å². The fraction of sp³-hybridized carbons (Fsp3) is 0.379. The number of rotatable bonds is 6. The first-order valence-corrected chi connectivity index (χ1v) is 12.5. The van der Waals surface area contributed by atoms with Gasteiger partial charge in [-0.15, -0.1) is 0 Å². The fourth-order valence-electron chi connectivity index (χ4n) is 4.82. The number of aromatic nitrogens is 3. The highest BCUT2D eigenvalue weighted by atomic mass is 16.6. The summed E-state index contributed by atoms with van der Waals surface area (Å²) in [6.07, 6.45) is 2.12. The Bertz CT molecular complexity index is 1520. The molecule has 37 heavy (non-hydrogen) atoms.